The van der Waals surface area contributed by atoms with Gasteiger partial charge in [0.05, 0.1) is 13.2 Å². The Labute approximate surface area is 155 Å². The second-order valence-electron chi connectivity index (χ2n) is 7.00. The van der Waals surface area contributed by atoms with Crippen LogP contribution < -0.4 is 4.90 Å². The smallest absolute Gasteiger partial charge is 0.312 e. The fourth-order valence-corrected chi connectivity index (χ4v) is 3.47. The molecule has 0 aromatic heterocycles. The van der Waals surface area contributed by atoms with E-state index in [9.17, 15) is 9.59 Å². The van der Waals surface area contributed by atoms with Gasteiger partial charge in [0.1, 0.15) is 0 Å². The third kappa shape index (κ3) is 4.34. The summed E-state index contributed by atoms with van der Waals surface area (Å²) in [5.74, 6) is -0.764. The van der Waals surface area contributed by atoms with Crippen LogP contribution in [0.5, 0.6) is 0 Å². The number of para-hydroxylation sites is 1. The summed E-state index contributed by atoms with van der Waals surface area (Å²) in [6.07, 6.45) is 0. The summed E-state index contributed by atoms with van der Waals surface area (Å²) in [4.78, 5) is 32.6. The molecule has 7 heteroatoms. The van der Waals surface area contributed by atoms with Crippen LogP contribution in [0.4, 0.5) is 5.69 Å². The van der Waals surface area contributed by atoms with E-state index in [1.54, 1.807) is 9.80 Å². The number of ether oxygens (including phenoxy) is 1. The zero-order valence-electron chi connectivity index (χ0n) is 15.7. The van der Waals surface area contributed by atoms with Gasteiger partial charge in [-0.1, -0.05) is 18.2 Å². The molecule has 26 heavy (non-hydrogen) atoms. The third-order valence-corrected chi connectivity index (χ3v) is 5.01. The van der Waals surface area contributed by atoms with Crippen LogP contribution in [-0.2, 0) is 20.9 Å². The van der Waals surface area contributed by atoms with Crippen molar-refractivity contribution >= 4 is 17.5 Å². The van der Waals surface area contributed by atoms with E-state index in [2.05, 4.69) is 28.0 Å². The second-order valence-corrected chi connectivity index (χ2v) is 7.00. The topological polar surface area (TPSA) is 56.3 Å². The van der Waals surface area contributed by atoms with Gasteiger partial charge < -0.3 is 19.4 Å². The van der Waals surface area contributed by atoms with Gasteiger partial charge in [0.2, 0.25) is 0 Å². The van der Waals surface area contributed by atoms with E-state index in [0.29, 0.717) is 39.4 Å². The van der Waals surface area contributed by atoms with Gasteiger partial charge in [-0.05, 0) is 11.6 Å². The van der Waals surface area contributed by atoms with Crippen molar-refractivity contribution in [3.8, 4) is 0 Å². The number of hydrogen-bond donors (Lipinski definition) is 0. The molecule has 0 radical (unpaired) electrons. The highest BCUT2D eigenvalue weighted by molar-refractivity contribution is 6.34. The zero-order valence-corrected chi connectivity index (χ0v) is 15.7. The van der Waals surface area contributed by atoms with Crippen LogP contribution in [0, 0.1) is 0 Å². The SMILES string of the molecule is CN(C)c1ccccc1CN1CCN(C(=O)C(=O)N2CCOCC2)CC1. The number of amides is 2. The predicted molar refractivity (Wildman–Crippen MR) is 100 cm³/mol. The number of carbonyl (C=O) groups excluding carboxylic acids is 2. The lowest BCUT2D eigenvalue weighted by Gasteiger charge is -2.36. The minimum Gasteiger partial charge on any atom is -0.378 e. The molecule has 2 fully saturated rings. The monoisotopic (exact) mass is 360 g/mol. The number of piperazine rings is 1. The molecule has 1 aromatic rings. The van der Waals surface area contributed by atoms with Crippen LogP contribution in [0.2, 0.25) is 0 Å². The van der Waals surface area contributed by atoms with E-state index >= 15 is 0 Å². The van der Waals surface area contributed by atoms with Crippen LogP contribution in [0.1, 0.15) is 5.56 Å². The normalized spacial score (nSPS) is 18.7. The van der Waals surface area contributed by atoms with Gasteiger partial charge >= 0.3 is 11.8 Å². The molecule has 2 aliphatic rings. The summed E-state index contributed by atoms with van der Waals surface area (Å²) in [6.45, 7) is 5.65. The first-order valence-corrected chi connectivity index (χ1v) is 9.20. The molecule has 0 aliphatic carbocycles. The highest BCUT2D eigenvalue weighted by atomic mass is 16.5. The van der Waals surface area contributed by atoms with Crippen molar-refractivity contribution < 1.29 is 14.3 Å². The van der Waals surface area contributed by atoms with Gasteiger partial charge in [-0.3, -0.25) is 14.5 Å². The van der Waals surface area contributed by atoms with Crippen LogP contribution in [0.25, 0.3) is 0 Å². The molecule has 0 atom stereocenters. The number of hydrogen-bond acceptors (Lipinski definition) is 5. The van der Waals surface area contributed by atoms with Crippen molar-refractivity contribution in [2.45, 2.75) is 6.54 Å². The molecule has 0 N–H and O–H groups in total. The maximum Gasteiger partial charge on any atom is 0.312 e. The largest absolute Gasteiger partial charge is 0.378 e. The Morgan fingerprint density at radius 3 is 2.12 bits per heavy atom. The lowest BCUT2D eigenvalue weighted by atomic mass is 10.1. The molecule has 0 unspecified atom stereocenters. The Bertz CT molecular complexity index is 635. The van der Waals surface area contributed by atoms with E-state index in [1.807, 2.05) is 20.2 Å². The third-order valence-electron chi connectivity index (χ3n) is 5.01. The molecular formula is C19H28N4O3. The van der Waals surface area contributed by atoms with E-state index in [1.165, 1.54) is 11.3 Å². The highest BCUT2D eigenvalue weighted by Gasteiger charge is 2.30. The number of nitrogens with zero attached hydrogens (tertiary/aromatic N) is 4. The van der Waals surface area contributed by atoms with Gasteiger partial charge in [0.25, 0.3) is 0 Å². The maximum absolute atomic E-state index is 12.5. The van der Waals surface area contributed by atoms with Crippen molar-refractivity contribution in [3.05, 3.63) is 29.8 Å². The van der Waals surface area contributed by atoms with Crippen molar-refractivity contribution in [2.24, 2.45) is 0 Å². The number of rotatable bonds is 3. The molecule has 2 heterocycles. The lowest BCUT2D eigenvalue weighted by molar-refractivity contribution is -0.155. The number of carbonyl (C=O) groups is 2. The van der Waals surface area contributed by atoms with Crippen molar-refractivity contribution in [1.82, 2.24) is 14.7 Å². The molecule has 142 valence electrons. The number of anilines is 1. The Balaban J connectivity index is 1.53. The molecule has 3 rings (SSSR count). The summed E-state index contributed by atoms with van der Waals surface area (Å²) < 4.78 is 5.24. The van der Waals surface area contributed by atoms with Gasteiger partial charge in [0.15, 0.2) is 0 Å². The first-order chi connectivity index (χ1) is 12.6. The summed E-state index contributed by atoms with van der Waals surface area (Å²) >= 11 is 0. The second kappa shape index (κ2) is 8.51. The molecule has 2 saturated heterocycles. The lowest BCUT2D eigenvalue weighted by Crippen LogP contribution is -2.54. The first-order valence-electron chi connectivity index (χ1n) is 9.20. The Morgan fingerprint density at radius 1 is 0.923 bits per heavy atom. The minimum absolute atomic E-state index is 0.375. The number of benzene rings is 1. The summed E-state index contributed by atoms with van der Waals surface area (Å²) in [6, 6.07) is 8.38. The maximum atomic E-state index is 12.5. The first kappa shape index (κ1) is 18.7. The Hall–Kier alpha value is -2.12. The molecule has 0 spiro atoms. The van der Waals surface area contributed by atoms with E-state index in [4.69, 9.17) is 4.74 Å². The van der Waals surface area contributed by atoms with Crippen LogP contribution >= 0.6 is 0 Å². The molecule has 2 amide bonds. The average molecular weight is 360 g/mol. The molecular weight excluding hydrogens is 332 g/mol. The predicted octanol–water partition coefficient (Wildman–Crippen LogP) is 0.256. The van der Waals surface area contributed by atoms with Gasteiger partial charge in [-0.15, -0.1) is 0 Å². The molecule has 0 saturated carbocycles. The van der Waals surface area contributed by atoms with Crippen LogP contribution in [0.15, 0.2) is 24.3 Å². The van der Waals surface area contributed by atoms with Crippen molar-refractivity contribution in [3.63, 3.8) is 0 Å². The van der Waals surface area contributed by atoms with Crippen molar-refractivity contribution in [2.75, 3.05) is 71.5 Å². The van der Waals surface area contributed by atoms with Crippen LogP contribution in [-0.4, -0.2) is 93.1 Å². The highest BCUT2D eigenvalue weighted by Crippen LogP contribution is 2.20. The fraction of sp³-hybridized carbons (Fsp3) is 0.579. The molecule has 2 aliphatic heterocycles. The van der Waals surface area contributed by atoms with E-state index < -0.39 is 0 Å². The molecule has 7 nitrogen and oxygen atoms in total. The van der Waals surface area contributed by atoms with Crippen LogP contribution in [0.3, 0.4) is 0 Å². The van der Waals surface area contributed by atoms with Gasteiger partial charge in [-0.25, -0.2) is 0 Å². The van der Waals surface area contributed by atoms with Crippen molar-refractivity contribution in [1.29, 1.82) is 0 Å². The average Bonchev–Trinajstić information content (AvgIpc) is 2.68. The summed E-state index contributed by atoms with van der Waals surface area (Å²) in [5, 5.41) is 0. The summed E-state index contributed by atoms with van der Waals surface area (Å²) in [5.41, 5.74) is 2.50. The molecule has 0 bridgehead atoms. The van der Waals surface area contributed by atoms with E-state index in [-0.39, 0.29) is 11.8 Å². The molecule has 1 aromatic carbocycles. The summed E-state index contributed by atoms with van der Waals surface area (Å²) in [7, 11) is 4.10. The fourth-order valence-electron chi connectivity index (χ4n) is 3.47. The number of morpholine rings is 1. The quantitative estimate of drug-likeness (QED) is 0.724. The Morgan fingerprint density at radius 2 is 1.50 bits per heavy atom. The zero-order chi connectivity index (χ0) is 18.5. The standard InChI is InChI=1S/C19H28N4O3/c1-20(2)17-6-4-3-5-16(17)15-21-7-9-22(10-8-21)18(24)19(25)23-11-13-26-14-12-23/h3-6H,7-15H2,1-2H3. The minimum atomic E-state index is -0.389. The van der Waals surface area contributed by atoms with E-state index in [0.717, 1.165) is 19.6 Å². The Kier molecular flexibility index (Phi) is 6.11. The van der Waals surface area contributed by atoms with Gasteiger partial charge in [-0.2, -0.15) is 0 Å². The van der Waals surface area contributed by atoms with Gasteiger partial charge in [0, 0.05) is 65.6 Å².